The minimum absolute atomic E-state index is 0.179. The molecule has 2 unspecified atom stereocenters. The average molecular weight is 341 g/mol. The van der Waals surface area contributed by atoms with E-state index in [2.05, 4.69) is 10.6 Å². The number of anilines is 1. The van der Waals surface area contributed by atoms with Crippen molar-refractivity contribution in [1.29, 1.82) is 0 Å². The molecule has 0 bridgehead atoms. The lowest BCUT2D eigenvalue weighted by Crippen LogP contribution is -2.51. The molecule has 1 fully saturated rings. The summed E-state index contributed by atoms with van der Waals surface area (Å²) in [5.74, 6) is -0.650. The summed E-state index contributed by atoms with van der Waals surface area (Å²) in [4.78, 5) is 39.8. The van der Waals surface area contributed by atoms with Crippen LogP contribution in [0.25, 0.3) is 0 Å². The predicted molar refractivity (Wildman–Crippen MR) is 90.1 cm³/mol. The van der Waals surface area contributed by atoms with Gasteiger partial charge in [-0.15, -0.1) is 11.3 Å². The van der Waals surface area contributed by atoms with Crippen molar-refractivity contribution in [2.24, 2.45) is 0 Å². The molecule has 24 heavy (non-hydrogen) atoms. The number of hydrogen-bond acceptors (Lipinski definition) is 4. The van der Waals surface area contributed by atoms with Gasteiger partial charge in [0.2, 0.25) is 5.91 Å². The first kappa shape index (κ1) is 14.9. The Hall–Kier alpha value is -2.67. The molecule has 0 saturated carbocycles. The zero-order chi connectivity index (χ0) is 16.7. The maximum absolute atomic E-state index is 12.7. The molecule has 2 aliphatic heterocycles. The van der Waals surface area contributed by atoms with E-state index >= 15 is 0 Å². The van der Waals surface area contributed by atoms with Crippen molar-refractivity contribution in [3.63, 3.8) is 0 Å². The Morgan fingerprint density at radius 1 is 1.21 bits per heavy atom. The maximum atomic E-state index is 12.7. The molecule has 2 aromatic rings. The number of carbonyl (C=O) groups excluding carboxylic acids is 3. The van der Waals surface area contributed by atoms with Crippen molar-refractivity contribution in [2.45, 2.75) is 18.5 Å². The van der Waals surface area contributed by atoms with Crippen LogP contribution in [0, 0.1) is 0 Å². The van der Waals surface area contributed by atoms with Crippen molar-refractivity contribution in [1.82, 2.24) is 10.2 Å². The zero-order valence-electron chi connectivity index (χ0n) is 12.7. The molecule has 2 aliphatic rings. The molecule has 1 aromatic heterocycles. The summed E-state index contributed by atoms with van der Waals surface area (Å²) in [6.45, 7) is 0.445. The van der Waals surface area contributed by atoms with Crippen molar-refractivity contribution in [3.05, 3.63) is 52.2 Å². The van der Waals surface area contributed by atoms with Crippen LogP contribution in [0.1, 0.15) is 26.5 Å². The van der Waals surface area contributed by atoms with Gasteiger partial charge in [-0.3, -0.25) is 14.4 Å². The van der Waals surface area contributed by atoms with Crippen molar-refractivity contribution in [2.75, 3.05) is 11.9 Å². The molecule has 3 amide bonds. The van der Waals surface area contributed by atoms with Crippen molar-refractivity contribution >= 4 is 34.7 Å². The molecule has 4 rings (SSSR count). The summed E-state index contributed by atoms with van der Waals surface area (Å²) in [5, 5.41) is 7.54. The highest BCUT2D eigenvalue weighted by Crippen LogP contribution is 2.29. The summed E-state index contributed by atoms with van der Waals surface area (Å²) in [5.41, 5.74) is 1.00. The molecule has 2 N–H and O–H groups in total. The van der Waals surface area contributed by atoms with Crippen LogP contribution in [0.15, 0.2) is 41.8 Å². The number of hydrogen-bond donors (Lipinski definition) is 2. The summed E-state index contributed by atoms with van der Waals surface area (Å²) in [6.07, 6.45) is 0.559. The van der Waals surface area contributed by atoms with Gasteiger partial charge in [-0.25, -0.2) is 0 Å². The standard InChI is InChI=1S/C17H15N3O3S/c21-15(13-6-3-9-24-13)19-12-7-8-20-14(12)16(22)18-11-5-2-1-4-10(11)17(20)23/h1-6,9,12,14H,7-8H2,(H,18,22)(H,19,21). The SMILES string of the molecule is O=C(NC1CCN2C(=O)c3ccccc3NC(=O)C12)c1cccs1. The van der Waals surface area contributed by atoms with E-state index in [9.17, 15) is 14.4 Å². The predicted octanol–water partition coefficient (Wildman–Crippen LogP) is 1.71. The van der Waals surface area contributed by atoms with Gasteiger partial charge in [0, 0.05) is 6.54 Å². The molecule has 0 spiro atoms. The number of amides is 3. The molecule has 2 atom stereocenters. The first-order valence-electron chi connectivity index (χ1n) is 7.70. The second-order valence-corrected chi connectivity index (χ2v) is 6.77. The Labute approximate surface area is 142 Å². The molecule has 0 radical (unpaired) electrons. The molecular weight excluding hydrogens is 326 g/mol. The van der Waals surface area contributed by atoms with Crippen LogP contribution < -0.4 is 10.6 Å². The topological polar surface area (TPSA) is 78.5 Å². The number of nitrogens with zero attached hydrogens (tertiary/aromatic N) is 1. The Bertz CT molecular complexity index is 818. The van der Waals surface area contributed by atoms with Gasteiger partial charge in [0.05, 0.1) is 22.2 Å². The van der Waals surface area contributed by atoms with Crippen LogP contribution in [0.5, 0.6) is 0 Å². The molecule has 3 heterocycles. The number of carbonyl (C=O) groups is 3. The van der Waals surface area contributed by atoms with E-state index in [0.29, 0.717) is 29.1 Å². The highest BCUT2D eigenvalue weighted by Gasteiger charge is 2.45. The minimum atomic E-state index is -0.686. The fourth-order valence-corrected chi connectivity index (χ4v) is 3.91. The van der Waals surface area contributed by atoms with Gasteiger partial charge in [-0.2, -0.15) is 0 Å². The monoisotopic (exact) mass is 341 g/mol. The van der Waals surface area contributed by atoms with Gasteiger partial charge in [0.25, 0.3) is 11.8 Å². The third-order valence-corrected chi connectivity index (χ3v) is 5.27. The number of benzene rings is 1. The summed E-state index contributed by atoms with van der Waals surface area (Å²) in [7, 11) is 0. The van der Waals surface area contributed by atoms with Crippen LogP contribution in [-0.2, 0) is 4.79 Å². The van der Waals surface area contributed by atoms with E-state index in [1.807, 2.05) is 5.38 Å². The van der Waals surface area contributed by atoms with Crippen LogP contribution in [-0.4, -0.2) is 41.2 Å². The Morgan fingerprint density at radius 2 is 2.04 bits per heavy atom. The lowest BCUT2D eigenvalue weighted by atomic mass is 10.1. The van der Waals surface area contributed by atoms with E-state index in [1.165, 1.54) is 11.3 Å². The molecule has 7 heteroatoms. The normalized spacial score (nSPS) is 22.4. The fourth-order valence-electron chi connectivity index (χ4n) is 3.28. The van der Waals surface area contributed by atoms with Gasteiger partial charge in [0.15, 0.2) is 0 Å². The quantitative estimate of drug-likeness (QED) is 0.873. The molecule has 122 valence electrons. The Kier molecular flexibility index (Phi) is 3.57. The van der Waals surface area contributed by atoms with Crippen LogP contribution in [0.4, 0.5) is 5.69 Å². The van der Waals surface area contributed by atoms with Crippen LogP contribution >= 0.6 is 11.3 Å². The summed E-state index contributed by atoms with van der Waals surface area (Å²) in [6, 6.07) is 9.44. The van der Waals surface area contributed by atoms with E-state index in [4.69, 9.17) is 0 Å². The van der Waals surface area contributed by atoms with Gasteiger partial charge < -0.3 is 15.5 Å². The lowest BCUT2D eigenvalue weighted by molar-refractivity contribution is -0.120. The average Bonchev–Trinajstić information content (AvgIpc) is 3.22. The molecule has 1 saturated heterocycles. The third-order valence-electron chi connectivity index (χ3n) is 4.40. The first-order valence-corrected chi connectivity index (χ1v) is 8.58. The van der Waals surface area contributed by atoms with Crippen molar-refractivity contribution < 1.29 is 14.4 Å². The second-order valence-electron chi connectivity index (χ2n) is 5.82. The zero-order valence-corrected chi connectivity index (χ0v) is 13.5. The van der Waals surface area contributed by atoms with E-state index in [1.54, 1.807) is 41.3 Å². The Balaban J connectivity index is 1.61. The van der Waals surface area contributed by atoms with Gasteiger partial charge in [0.1, 0.15) is 6.04 Å². The van der Waals surface area contributed by atoms with Gasteiger partial charge in [-0.1, -0.05) is 18.2 Å². The van der Waals surface area contributed by atoms with Gasteiger partial charge in [-0.05, 0) is 30.0 Å². The molecule has 1 aromatic carbocycles. The number of fused-ring (bicyclic) bond motifs is 2. The smallest absolute Gasteiger partial charge is 0.261 e. The molecule has 0 aliphatic carbocycles. The Morgan fingerprint density at radius 3 is 2.83 bits per heavy atom. The number of para-hydroxylation sites is 1. The van der Waals surface area contributed by atoms with Gasteiger partial charge >= 0.3 is 0 Å². The fraction of sp³-hybridized carbons (Fsp3) is 0.235. The highest BCUT2D eigenvalue weighted by molar-refractivity contribution is 7.12. The summed E-state index contributed by atoms with van der Waals surface area (Å²) < 4.78 is 0. The van der Waals surface area contributed by atoms with Crippen LogP contribution in [0.3, 0.4) is 0 Å². The van der Waals surface area contributed by atoms with E-state index in [0.717, 1.165) is 0 Å². The molecule has 6 nitrogen and oxygen atoms in total. The maximum Gasteiger partial charge on any atom is 0.261 e. The molecular formula is C17H15N3O3S. The van der Waals surface area contributed by atoms with Crippen molar-refractivity contribution in [3.8, 4) is 0 Å². The first-order chi connectivity index (χ1) is 11.6. The second kappa shape index (κ2) is 5.76. The number of rotatable bonds is 2. The van der Waals surface area contributed by atoms with Crippen LogP contribution in [0.2, 0.25) is 0 Å². The minimum Gasteiger partial charge on any atom is -0.346 e. The largest absolute Gasteiger partial charge is 0.346 e. The van der Waals surface area contributed by atoms with E-state index < -0.39 is 12.1 Å². The lowest BCUT2D eigenvalue weighted by Gasteiger charge is -2.24. The number of thiophene rings is 1. The third kappa shape index (κ3) is 2.37. The van der Waals surface area contributed by atoms with E-state index in [-0.39, 0.29) is 17.7 Å². The number of nitrogens with one attached hydrogen (secondary N) is 2. The summed E-state index contributed by atoms with van der Waals surface area (Å²) >= 11 is 1.35. The highest BCUT2D eigenvalue weighted by atomic mass is 32.1.